The van der Waals surface area contributed by atoms with E-state index in [0.29, 0.717) is 32.5 Å². The van der Waals surface area contributed by atoms with E-state index in [4.69, 9.17) is 0 Å². The number of rotatable bonds is 64. The molecule has 940 valence electrons. The van der Waals surface area contributed by atoms with E-state index in [1.807, 2.05) is 138 Å². The fraction of sp³-hybridized carbons (Fsp3) is 1.00. The molecular formula is C150H340. The second-order valence-corrected chi connectivity index (χ2v) is 48.1. The van der Waals surface area contributed by atoms with E-state index in [1.165, 1.54) is 469 Å². The first-order valence-corrected chi connectivity index (χ1v) is 67.5. The minimum Gasteiger partial charge on any atom is -0.0776 e. The van der Waals surface area contributed by atoms with Crippen LogP contribution >= 0.6 is 0 Å². The summed E-state index contributed by atoms with van der Waals surface area (Å²) in [6.07, 6.45) is 113. The minimum atomic E-state index is 0. The van der Waals surface area contributed by atoms with Crippen molar-refractivity contribution in [1.29, 1.82) is 0 Å². The van der Waals surface area contributed by atoms with Crippen LogP contribution < -0.4 is 0 Å². The molecule has 5 aliphatic carbocycles. The molecule has 0 N–H and O–H groups in total. The maximum Gasteiger partial charge on any atom is -0.0184 e. The van der Waals surface area contributed by atoms with Gasteiger partial charge in [-0.05, 0) is 250 Å². The zero-order valence-corrected chi connectivity index (χ0v) is 110. The van der Waals surface area contributed by atoms with E-state index in [9.17, 15) is 0 Å². The van der Waals surface area contributed by atoms with Gasteiger partial charge in [0.25, 0.3) is 0 Å². The van der Waals surface area contributed by atoms with Crippen molar-refractivity contribution in [2.24, 2.45) is 96.1 Å². The summed E-state index contributed by atoms with van der Waals surface area (Å²) in [5.74, 6) is 7.42. The summed E-state index contributed by atoms with van der Waals surface area (Å²) in [6, 6.07) is 0. The largest absolute Gasteiger partial charge is 0.0776 e. The summed E-state index contributed by atoms with van der Waals surface area (Å²) in [4.78, 5) is 0. The normalized spacial score (nSPS) is 15.7. The van der Waals surface area contributed by atoms with E-state index in [0.717, 1.165) is 63.6 Å². The molecule has 4 atom stereocenters. The van der Waals surface area contributed by atoms with Gasteiger partial charge in [-0.1, -0.05) is 733 Å². The first-order chi connectivity index (χ1) is 67.5. The van der Waals surface area contributed by atoms with Crippen LogP contribution in [0.1, 0.15) is 887 Å². The molecule has 0 aromatic carbocycles. The highest BCUT2D eigenvalue weighted by Crippen LogP contribution is 2.70. The second kappa shape index (κ2) is 136. The van der Waals surface area contributed by atoms with E-state index in [-0.39, 0.29) is 74.3 Å². The number of unbranched alkanes of at least 4 members (excludes halogenated alkanes) is 14. The van der Waals surface area contributed by atoms with Crippen LogP contribution in [-0.4, -0.2) is 0 Å². The Morgan fingerprint density at radius 2 is 0.380 bits per heavy atom. The van der Waals surface area contributed by atoms with Gasteiger partial charge in [0.1, 0.15) is 0 Å². The molecule has 0 heteroatoms. The molecule has 0 aromatic rings. The Labute approximate surface area is 976 Å². The maximum atomic E-state index is 2.64. The predicted octanol–water partition coefficient (Wildman–Crippen LogP) is 61.0. The van der Waals surface area contributed by atoms with Crippen molar-refractivity contribution >= 4 is 0 Å². The average Bonchev–Trinajstić information content (AvgIpc) is 0.716. The highest BCUT2D eigenvalue weighted by Gasteiger charge is 2.60. The third kappa shape index (κ3) is 90.5. The average molecular weight is 2140 g/mol. The van der Waals surface area contributed by atoms with E-state index in [2.05, 4.69) is 180 Å². The molecular weight excluding hydrogens is 1800 g/mol. The summed E-state index contributed by atoms with van der Waals surface area (Å²) in [7, 11) is 0. The third-order valence-electron chi connectivity index (χ3n) is 35.3. The SMILES string of the molecule is C.C.C.C.C.C.C.C.C.C.CC.CC.CC.CC.CC.CC.CC.CC.CC.CC.CC(C)CCC1(CCC(C)C)CCCCC1.CC(C)CCCC(C)CCC1(CCC(C)CCCC(C)C)CCCCC1.CCCC(CCC)(CCC)C1(C(CCC)(CCC)CCC)CCCCC1.CCCCCCC(CC)CC1(CC(CC)CCCCCC)CCCCC1.CCCCCCCC(C)(C)C1(C(C)(C)CCCCCCC)CCCCC1. The molecule has 0 aromatic heterocycles. The van der Waals surface area contributed by atoms with Gasteiger partial charge in [0.15, 0.2) is 0 Å². The van der Waals surface area contributed by atoms with Gasteiger partial charge in [0.05, 0.1) is 0 Å². The Kier molecular flexibility index (Phi) is 178. The van der Waals surface area contributed by atoms with Gasteiger partial charge in [-0.25, -0.2) is 0 Å². The summed E-state index contributed by atoms with van der Waals surface area (Å²) in [6.45, 7) is 104. The van der Waals surface area contributed by atoms with Crippen molar-refractivity contribution in [2.75, 3.05) is 0 Å². The molecule has 150 heavy (non-hydrogen) atoms. The zero-order valence-electron chi connectivity index (χ0n) is 110. The Morgan fingerprint density at radius 1 is 0.180 bits per heavy atom. The lowest BCUT2D eigenvalue weighted by atomic mass is 9.40. The Balaban J connectivity index is -0.0000000741. The van der Waals surface area contributed by atoms with Crippen LogP contribution in [0.3, 0.4) is 0 Å². The van der Waals surface area contributed by atoms with Gasteiger partial charge in [-0.15, -0.1) is 0 Å². The Bertz CT molecular complexity index is 2040. The molecule has 5 rings (SSSR count). The summed E-state index contributed by atoms with van der Waals surface area (Å²) in [5, 5.41) is 0. The third-order valence-corrected chi connectivity index (χ3v) is 35.3. The highest BCUT2D eigenvalue weighted by molar-refractivity contribution is 5.09. The van der Waals surface area contributed by atoms with Crippen LogP contribution in [-0.2, 0) is 0 Å². The van der Waals surface area contributed by atoms with Gasteiger partial charge >= 0.3 is 0 Å². The molecule has 5 saturated carbocycles. The predicted molar refractivity (Wildman–Crippen MR) is 734 cm³/mol. The van der Waals surface area contributed by atoms with Crippen molar-refractivity contribution in [3.63, 3.8) is 0 Å². The lowest BCUT2D eigenvalue weighted by Crippen LogP contribution is -2.55. The number of hydrogen-bond donors (Lipinski definition) is 0. The van der Waals surface area contributed by atoms with Gasteiger partial charge in [0.2, 0.25) is 0 Å². The molecule has 0 aliphatic heterocycles. The van der Waals surface area contributed by atoms with Crippen LogP contribution in [0.25, 0.3) is 0 Å². The van der Waals surface area contributed by atoms with Crippen LogP contribution in [0, 0.1) is 96.1 Å². The standard InChI is InChI=1S/4C26H52.C16H32.10C2H6.10CH4/c1-22(2)12-10-14-24(5)16-20-26(18-8-7-9-19-26)21-17-25(6)15-11-13-23(3)4;1-7-9-11-13-16-20-24(3,4)26(22-18-15-19-23-26)25(5,6)21-17-14-12-10-8-2;1-7-16-24(17-8-2,18-9-3)26(22-14-13-15-23-26)25(19-10-4,20-11-5)21-12-6;1-5-9-11-14-18-24(7-3)22-26(20-16-13-17-21-26)23-25(8-4)19-15-12-10-6-2;1-14(2)8-12-16(13-9-15(3)4)10-6-5-7-11-16;10*1-2;;;;;;;;;;/h22-25H,7-21H2,1-6H3;2*7-23H2,1-6H3;24-25H,5-23H2,1-4H3;14-15H,5-13H2,1-4H3;10*1-2H3;10*1H4. The second-order valence-electron chi connectivity index (χ2n) is 48.1. The minimum absolute atomic E-state index is 0. The monoisotopic (exact) mass is 2140 g/mol. The molecule has 4 unspecified atom stereocenters. The highest BCUT2D eigenvalue weighted by atomic mass is 14.6. The van der Waals surface area contributed by atoms with Crippen LogP contribution in [0.4, 0.5) is 0 Å². The molecule has 0 radical (unpaired) electrons. The maximum absolute atomic E-state index is 2.64. The van der Waals surface area contributed by atoms with Gasteiger partial charge < -0.3 is 0 Å². The van der Waals surface area contributed by atoms with Gasteiger partial charge in [0, 0.05) is 0 Å². The molecule has 0 amide bonds. The van der Waals surface area contributed by atoms with Gasteiger partial charge in [-0.3, -0.25) is 0 Å². The van der Waals surface area contributed by atoms with E-state index >= 15 is 0 Å². The van der Waals surface area contributed by atoms with E-state index in [1.54, 1.807) is 25.7 Å². The first-order valence-electron chi connectivity index (χ1n) is 67.5. The van der Waals surface area contributed by atoms with Crippen molar-refractivity contribution in [1.82, 2.24) is 0 Å². The van der Waals surface area contributed by atoms with Crippen LogP contribution in [0.15, 0.2) is 0 Å². The Morgan fingerprint density at radius 3 is 0.593 bits per heavy atom. The Hall–Kier alpha value is 0. The van der Waals surface area contributed by atoms with Gasteiger partial charge in [-0.2, -0.15) is 0 Å². The zero-order chi connectivity index (χ0) is 110. The van der Waals surface area contributed by atoms with Crippen molar-refractivity contribution in [3.05, 3.63) is 0 Å². The fourth-order valence-electron chi connectivity index (χ4n) is 27.9. The van der Waals surface area contributed by atoms with Crippen molar-refractivity contribution in [2.45, 2.75) is 887 Å². The molecule has 0 bridgehead atoms. The molecule has 0 spiro atoms. The van der Waals surface area contributed by atoms with Crippen molar-refractivity contribution in [3.8, 4) is 0 Å². The van der Waals surface area contributed by atoms with Crippen LogP contribution in [0.2, 0.25) is 0 Å². The fourth-order valence-corrected chi connectivity index (χ4v) is 27.9. The lowest BCUT2D eigenvalue weighted by Gasteiger charge is -2.64. The lowest BCUT2D eigenvalue weighted by molar-refractivity contribution is -0.145. The van der Waals surface area contributed by atoms with Crippen molar-refractivity contribution < 1.29 is 0 Å². The molecule has 0 nitrogen and oxygen atoms in total. The smallest absolute Gasteiger partial charge is 0.0184 e. The van der Waals surface area contributed by atoms with Crippen LogP contribution in [0.5, 0.6) is 0 Å². The molecule has 0 saturated heterocycles. The quantitative estimate of drug-likeness (QED) is 0.0533. The summed E-state index contributed by atoms with van der Waals surface area (Å²) < 4.78 is 0. The molecule has 5 aliphatic rings. The number of hydrogen-bond acceptors (Lipinski definition) is 0. The first kappa shape index (κ1) is 197. The topological polar surface area (TPSA) is 0 Å². The molecule has 5 fully saturated rings. The van der Waals surface area contributed by atoms with E-state index < -0.39 is 0 Å². The summed E-state index contributed by atoms with van der Waals surface area (Å²) >= 11 is 0. The summed E-state index contributed by atoms with van der Waals surface area (Å²) in [5.41, 5.74) is 5.55. The molecule has 0 heterocycles.